The molecule has 2 aromatic carbocycles. The van der Waals surface area contributed by atoms with Crippen molar-refractivity contribution in [3.8, 4) is 0 Å². The van der Waals surface area contributed by atoms with Crippen molar-refractivity contribution in [3.05, 3.63) is 58.1 Å². The number of hydrogen-bond donors (Lipinski definition) is 4. The van der Waals surface area contributed by atoms with Gasteiger partial charge in [-0.2, -0.15) is 0 Å². The van der Waals surface area contributed by atoms with E-state index in [1.54, 1.807) is 44.2 Å². The van der Waals surface area contributed by atoms with Crippen molar-refractivity contribution in [2.24, 2.45) is 0 Å². The van der Waals surface area contributed by atoms with Gasteiger partial charge in [0.05, 0.1) is 16.2 Å². The summed E-state index contributed by atoms with van der Waals surface area (Å²) < 4.78 is 0. The van der Waals surface area contributed by atoms with E-state index in [0.717, 1.165) is 0 Å². The molecule has 0 spiro atoms. The van der Waals surface area contributed by atoms with Crippen LogP contribution in [0.2, 0.25) is 10.0 Å². The lowest BCUT2D eigenvalue weighted by molar-refractivity contribution is -0.137. The predicted octanol–water partition coefficient (Wildman–Crippen LogP) is 4.12. The van der Waals surface area contributed by atoms with E-state index in [4.69, 9.17) is 23.2 Å². The fourth-order valence-corrected chi connectivity index (χ4v) is 4.14. The summed E-state index contributed by atoms with van der Waals surface area (Å²) in [5, 5.41) is 16.9. The van der Waals surface area contributed by atoms with Crippen molar-refractivity contribution in [1.29, 1.82) is 0 Å². The number of rotatable bonds is 7. The second-order valence-electron chi connectivity index (χ2n) is 8.56. The number of hydrazine groups is 1. The monoisotopic (exact) mass is 518 g/mol. The van der Waals surface area contributed by atoms with Gasteiger partial charge in [-0.3, -0.25) is 9.59 Å². The molecule has 3 rings (SSSR count). The molecule has 1 aliphatic heterocycles. The number of carbonyl (C=O) groups excluding carboxylic acids is 3. The van der Waals surface area contributed by atoms with Crippen LogP contribution in [0.15, 0.2) is 42.5 Å². The Balaban J connectivity index is 1.83. The number of anilines is 3. The van der Waals surface area contributed by atoms with Gasteiger partial charge in [0.1, 0.15) is 12.3 Å². The van der Waals surface area contributed by atoms with Crippen LogP contribution in [-0.2, 0) is 19.2 Å². The van der Waals surface area contributed by atoms with E-state index in [2.05, 4.69) is 16.1 Å². The molecular weight excluding hydrogens is 495 g/mol. The summed E-state index contributed by atoms with van der Waals surface area (Å²) in [6, 6.07) is 8.55. The number of carbonyl (C=O) groups is 4. The maximum absolute atomic E-state index is 12.8. The highest BCUT2D eigenvalue weighted by molar-refractivity contribution is 6.36. The topological polar surface area (TPSA) is 128 Å². The highest BCUT2D eigenvalue weighted by Gasteiger charge is 2.29. The number of halogens is 2. The van der Waals surface area contributed by atoms with Gasteiger partial charge in [0.15, 0.2) is 0 Å². The van der Waals surface area contributed by atoms with Crippen LogP contribution in [0.1, 0.15) is 32.8 Å². The van der Waals surface area contributed by atoms with Gasteiger partial charge < -0.3 is 20.5 Å². The summed E-state index contributed by atoms with van der Waals surface area (Å²) in [7, 11) is 0. The lowest BCUT2D eigenvalue weighted by atomic mass is 9.92. The van der Waals surface area contributed by atoms with Gasteiger partial charge >= 0.3 is 5.97 Å². The van der Waals surface area contributed by atoms with Crippen molar-refractivity contribution in [3.63, 3.8) is 0 Å². The normalized spacial score (nSPS) is 16.1. The molecule has 1 unspecified atom stereocenters. The number of nitrogens with one attached hydrogen (secondary N) is 3. The van der Waals surface area contributed by atoms with Crippen molar-refractivity contribution >= 4 is 69.9 Å². The van der Waals surface area contributed by atoms with Crippen LogP contribution in [0.3, 0.4) is 0 Å². The second kappa shape index (κ2) is 10.5. The highest BCUT2D eigenvalue weighted by atomic mass is 35.5. The molecule has 0 aliphatic carbocycles. The summed E-state index contributed by atoms with van der Waals surface area (Å²) >= 11 is 12.4. The lowest BCUT2D eigenvalue weighted by Gasteiger charge is -2.29. The van der Waals surface area contributed by atoms with Gasteiger partial charge in [0, 0.05) is 41.4 Å². The lowest BCUT2D eigenvalue weighted by Crippen LogP contribution is -2.54. The number of aliphatic carboxylic acids is 1. The number of hydrogen-bond acceptors (Lipinski definition) is 6. The Morgan fingerprint density at radius 2 is 1.83 bits per heavy atom. The van der Waals surface area contributed by atoms with Crippen molar-refractivity contribution in [2.45, 2.75) is 38.8 Å². The van der Waals surface area contributed by atoms with Gasteiger partial charge in [0.2, 0.25) is 11.8 Å². The summed E-state index contributed by atoms with van der Waals surface area (Å²) in [5.41, 5.74) is 4.20. The van der Waals surface area contributed by atoms with Crippen LogP contribution in [0.5, 0.6) is 0 Å². The number of fused-ring (bicyclic) bond motifs is 1. The predicted molar refractivity (Wildman–Crippen MR) is 136 cm³/mol. The average Bonchev–Trinajstić information content (AvgIpc) is 2.77. The molecule has 1 aliphatic rings. The molecule has 35 heavy (non-hydrogen) atoms. The number of carboxylic acid groups (broad SMARTS) is 1. The number of amides is 2. The molecule has 11 heteroatoms. The van der Waals surface area contributed by atoms with E-state index in [9.17, 15) is 24.3 Å². The molecule has 0 aromatic heterocycles. The van der Waals surface area contributed by atoms with Gasteiger partial charge in [0.25, 0.3) is 0 Å². The van der Waals surface area contributed by atoms with Crippen molar-refractivity contribution in [2.75, 3.05) is 15.6 Å². The third-order valence-electron chi connectivity index (χ3n) is 5.14. The minimum Gasteiger partial charge on any atom is -0.480 e. The van der Waals surface area contributed by atoms with E-state index in [0.29, 0.717) is 44.5 Å². The Labute approximate surface area is 212 Å². The first-order valence-corrected chi connectivity index (χ1v) is 11.3. The van der Waals surface area contributed by atoms with E-state index in [1.807, 2.05) is 0 Å². The standard InChI is InChI=1S/C24H24Cl2N4O5/c1-13(32)30(29-24(2,3)12-31)17-6-4-16(5-7-17)27-21(33)9-14-8-20(23(34)35)28-19-11-15(25)10-18(26)22(14)19/h4-7,9-12,20,28-29H,8H2,1-3H3,(H,27,33)(H,34,35)/b14-9+. The zero-order valence-corrected chi connectivity index (χ0v) is 20.7. The van der Waals surface area contributed by atoms with Crippen LogP contribution < -0.4 is 21.1 Å². The molecule has 184 valence electrons. The minimum absolute atomic E-state index is 0.0435. The van der Waals surface area contributed by atoms with E-state index >= 15 is 0 Å². The van der Waals surface area contributed by atoms with Crippen LogP contribution in [0.4, 0.5) is 17.1 Å². The first-order chi connectivity index (χ1) is 16.4. The maximum atomic E-state index is 12.8. The Morgan fingerprint density at radius 1 is 1.17 bits per heavy atom. The number of carboxylic acids is 1. The van der Waals surface area contributed by atoms with Gasteiger partial charge in [-0.15, -0.1) is 0 Å². The molecule has 9 nitrogen and oxygen atoms in total. The first-order valence-electron chi connectivity index (χ1n) is 10.6. The number of benzene rings is 2. The molecule has 2 amide bonds. The molecule has 0 saturated carbocycles. The molecule has 1 heterocycles. The molecule has 2 aromatic rings. The van der Waals surface area contributed by atoms with E-state index in [1.165, 1.54) is 24.1 Å². The third-order valence-corrected chi connectivity index (χ3v) is 5.65. The molecule has 0 saturated heterocycles. The van der Waals surface area contributed by atoms with Crippen LogP contribution in [-0.4, -0.2) is 40.8 Å². The Kier molecular flexibility index (Phi) is 7.84. The van der Waals surface area contributed by atoms with E-state index < -0.39 is 23.5 Å². The molecule has 0 bridgehead atoms. The van der Waals surface area contributed by atoms with Gasteiger partial charge in [-0.05, 0) is 55.8 Å². The first kappa shape index (κ1) is 26.2. The molecule has 0 fully saturated rings. The maximum Gasteiger partial charge on any atom is 0.326 e. The van der Waals surface area contributed by atoms with Crippen molar-refractivity contribution < 1.29 is 24.3 Å². The molecule has 0 radical (unpaired) electrons. The van der Waals surface area contributed by atoms with Crippen molar-refractivity contribution in [1.82, 2.24) is 5.43 Å². The summed E-state index contributed by atoms with van der Waals surface area (Å²) in [6.45, 7) is 4.62. The van der Waals surface area contributed by atoms with Crippen LogP contribution in [0, 0.1) is 0 Å². The third kappa shape index (κ3) is 6.39. The Morgan fingerprint density at radius 3 is 2.40 bits per heavy atom. The second-order valence-corrected chi connectivity index (χ2v) is 9.40. The van der Waals surface area contributed by atoms with Crippen LogP contribution in [0.25, 0.3) is 5.57 Å². The van der Waals surface area contributed by atoms with Crippen LogP contribution >= 0.6 is 23.2 Å². The van der Waals surface area contributed by atoms with Gasteiger partial charge in [-0.25, -0.2) is 15.2 Å². The zero-order chi connectivity index (χ0) is 25.9. The Hall–Kier alpha value is -3.40. The average molecular weight is 519 g/mol. The fourth-order valence-electron chi connectivity index (χ4n) is 3.52. The molecular formula is C24H24Cl2N4O5. The molecule has 1 atom stereocenters. The SMILES string of the molecule is CC(=O)N(NC(C)(C)C=O)c1ccc(NC(=O)/C=C2\CC(C(=O)O)Nc3cc(Cl)cc(Cl)c32)cc1. The van der Waals surface area contributed by atoms with Gasteiger partial charge in [-0.1, -0.05) is 23.2 Å². The Bertz CT molecular complexity index is 1210. The summed E-state index contributed by atoms with van der Waals surface area (Å²) in [5.74, 6) is -1.88. The summed E-state index contributed by atoms with van der Waals surface area (Å²) in [6.07, 6.45) is 2.04. The zero-order valence-electron chi connectivity index (χ0n) is 19.2. The summed E-state index contributed by atoms with van der Waals surface area (Å²) in [4.78, 5) is 47.6. The quantitative estimate of drug-likeness (QED) is 0.246. The molecule has 4 N–H and O–H groups in total. The fraction of sp³-hybridized carbons (Fsp3) is 0.250. The number of nitrogens with zero attached hydrogens (tertiary/aromatic N) is 1. The van der Waals surface area contributed by atoms with E-state index in [-0.39, 0.29) is 12.3 Å². The number of aldehydes is 1. The minimum atomic E-state index is -1.07. The highest BCUT2D eigenvalue weighted by Crippen LogP contribution is 2.40. The largest absolute Gasteiger partial charge is 0.480 e. The smallest absolute Gasteiger partial charge is 0.326 e.